The molecule has 0 saturated carbocycles. The summed E-state index contributed by atoms with van der Waals surface area (Å²) in [6, 6.07) is 2.90. The van der Waals surface area contributed by atoms with Crippen molar-refractivity contribution in [3.8, 4) is 0 Å². The van der Waals surface area contributed by atoms with E-state index in [1.54, 1.807) is 0 Å². The molecule has 0 radical (unpaired) electrons. The van der Waals surface area contributed by atoms with E-state index in [2.05, 4.69) is 4.72 Å². The molecule has 0 aromatic carbocycles. The van der Waals surface area contributed by atoms with Gasteiger partial charge in [0.15, 0.2) is 0 Å². The average molecular weight is 387 g/mol. The Labute approximate surface area is 140 Å². The van der Waals surface area contributed by atoms with Crippen molar-refractivity contribution in [2.24, 2.45) is 0 Å². The smallest absolute Gasteiger partial charge is 0.212 e. The van der Waals surface area contributed by atoms with Crippen molar-refractivity contribution >= 4 is 43.0 Å². The molecule has 10 heteroatoms. The van der Waals surface area contributed by atoms with Crippen LogP contribution in [0.15, 0.2) is 16.3 Å². The molecular weight excluding hydrogens is 368 g/mol. The van der Waals surface area contributed by atoms with E-state index in [0.717, 1.165) is 37.0 Å². The van der Waals surface area contributed by atoms with E-state index >= 15 is 0 Å². The maximum Gasteiger partial charge on any atom is 0.250 e. The minimum absolute atomic E-state index is 0.0877. The largest absolute Gasteiger partial charge is 0.250 e. The minimum Gasteiger partial charge on any atom is -0.212 e. The van der Waals surface area contributed by atoms with Gasteiger partial charge in [-0.25, -0.2) is 25.9 Å². The zero-order valence-electron chi connectivity index (χ0n) is 12.0. The van der Waals surface area contributed by atoms with Gasteiger partial charge in [-0.1, -0.05) is 24.4 Å². The molecule has 1 saturated heterocycles. The van der Waals surface area contributed by atoms with Gasteiger partial charge in [-0.2, -0.15) is 0 Å². The fourth-order valence-corrected chi connectivity index (χ4v) is 6.39. The van der Waals surface area contributed by atoms with Gasteiger partial charge in [0, 0.05) is 19.6 Å². The summed E-state index contributed by atoms with van der Waals surface area (Å²) in [4.78, 5) is 0. The molecule has 1 aliphatic rings. The predicted octanol–water partition coefficient (Wildman–Crippen LogP) is 1.89. The third-order valence-corrected chi connectivity index (χ3v) is 8.48. The topological polar surface area (TPSA) is 83.5 Å². The summed E-state index contributed by atoms with van der Waals surface area (Å²) in [7, 11) is -7.12. The predicted molar refractivity (Wildman–Crippen MR) is 88.3 cm³/mol. The van der Waals surface area contributed by atoms with Gasteiger partial charge in [0.1, 0.15) is 4.21 Å². The Hall–Kier alpha value is -0.190. The van der Waals surface area contributed by atoms with Crippen LogP contribution >= 0.6 is 22.9 Å². The lowest BCUT2D eigenvalue weighted by molar-refractivity contribution is 0.423. The number of thiophene rings is 1. The first kappa shape index (κ1) is 18.2. The molecule has 0 bridgehead atoms. The van der Waals surface area contributed by atoms with Gasteiger partial charge in [-0.05, 0) is 25.0 Å². The van der Waals surface area contributed by atoms with E-state index in [1.165, 1.54) is 16.4 Å². The molecule has 22 heavy (non-hydrogen) atoms. The molecule has 0 spiro atoms. The van der Waals surface area contributed by atoms with Crippen molar-refractivity contribution in [2.75, 3.05) is 25.4 Å². The summed E-state index contributed by atoms with van der Waals surface area (Å²) in [5.74, 6) is -0.231. The summed E-state index contributed by atoms with van der Waals surface area (Å²) in [5.41, 5.74) is 0. The van der Waals surface area contributed by atoms with Crippen molar-refractivity contribution in [2.45, 2.75) is 29.9 Å². The van der Waals surface area contributed by atoms with Crippen molar-refractivity contribution in [1.82, 2.24) is 9.03 Å². The molecule has 0 atom stereocenters. The van der Waals surface area contributed by atoms with Crippen LogP contribution in [0.1, 0.15) is 25.7 Å². The summed E-state index contributed by atoms with van der Waals surface area (Å²) in [5, 5.41) is 0. The van der Waals surface area contributed by atoms with Crippen molar-refractivity contribution in [3.63, 3.8) is 0 Å². The molecule has 0 aliphatic carbocycles. The highest BCUT2D eigenvalue weighted by molar-refractivity contribution is 7.92. The fourth-order valence-electron chi connectivity index (χ4n) is 2.27. The zero-order valence-corrected chi connectivity index (χ0v) is 15.2. The van der Waals surface area contributed by atoms with Crippen LogP contribution in [-0.2, 0) is 20.0 Å². The summed E-state index contributed by atoms with van der Waals surface area (Å²) >= 11 is 6.65. The zero-order chi connectivity index (χ0) is 16.2. The van der Waals surface area contributed by atoms with Gasteiger partial charge < -0.3 is 0 Å². The highest BCUT2D eigenvalue weighted by atomic mass is 35.5. The molecule has 1 N–H and O–H groups in total. The van der Waals surface area contributed by atoms with E-state index in [4.69, 9.17) is 11.6 Å². The van der Waals surface area contributed by atoms with Gasteiger partial charge in [0.25, 0.3) is 0 Å². The van der Waals surface area contributed by atoms with Crippen molar-refractivity contribution in [1.29, 1.82) is 0 Å². The van der Waals surface area contributed by atoms with Gasteiger partial charge in [-0.3, -0.25) is 0 Å². The lowest BCUT2D eigenvalue weighted by Crippen LogP contribution is -2.38. The Kier molecular flexibility index (Phi) is 6.26. The van der Waals surface area contributed by atoms with Gasteiger partial charge in [0.2, 0.25) is 20.0 Å². The maximum absolute atomic E-state index is 12.2. The van der Waals surface area contributed by atoms with Gasteiger partial charge in [0.05, 0.1) is 10.1 Å². The standard InChI is InChI=1S/C12H19ClN2O4S3/c13-11-5-6-12(20-11)22(18,19)14-7-10-21(16,17)15-8-3-1-2-4-9-15/h5-6,14H,1-4,7-10H2. The normalized spacial score (nSPS) is 18.2. The third-order valence-electron chi connectivity index (χ3n) is 3.42. The second kappa shape index (κ2) is 7.59. The molecule has 6 nitrogen and oxygen atoms in total. The van der Waals surface area contributed by atoms with Gasteiger partial charge in [-0.15, -0.1) is 11.3 Å². The highest BCUT2D eigenvalue weighted by Gasteiger charge is 2.24. The molecule has 1 fully saturated rings. The SMILES string of the molecule is O=S(=O)(NCCS(=O)(=O)N1CCCCCC1)c1ccc(Cl)s1. The molecule has 0 unspecified atom stereocenters. The fraction of sp³-hybridized carbons (Fsp3) is 0.667. The maximum atomic E-state index is 12.2. The number of hydrogen-bond acceptors (Lipinski definition) is 5. The minimum atomic E-state index is -3.70. The van der Waals surface area contributed by atoms with Crippen LogP contribution < -0.4 is 4.72 Å². The van der Waals surface area contributed by atoms with Gasteiger partial charge >= 0.3 is 0 Å². The lowest BCUT2D eigenvalue weighted by Gasteiger charge is -2.19. The Bertz CT molecular complexity index is 692. The number of nitrogens with one attached hydrogen (secondary N) is 1. The molecule has 2 heterocycles. The average Bonchev–Trinajstić information content (AvgIpc) is 2.72. The quantitative estimate of drug-likeness (QED) is 0.809. The number of nitrogens with zero attached hydrogens (tertiary/aromatic N) is 1. The first-order valence-electron chi connectivity index (χ1n) is 7.04. The highest BCUT2D eigenvalue weighted by Crippen LogP contribution is 2.25. The van der Waals surface area contributed by atoms with E-state index in [0.29, 0.717) is 17.4 Å². The molecule has 1 aliphatic heterocycles. The molecule has 2 rings (SSSR count). The van der Waals surface area contributed by atoms with Crippen LogP contribution in [-0.4, -0.2) is 46.5 Å². The van der Waals surface area contributed by atoms with Crippen LogP contribution in [0.5, 0.6) is 0 Å². The summed E-state index contributed by atoms with van der Waals surface area (Å²) in [6.07, 6.45) is 3.80. The van der Waals surface area contributed by atoms with E-state index < -0.39 is 20.0 Å². The van der Waals surface area contributed by atoms with Crippen LogP contribution in [0.2, 0.25) is 4.34 Å². The Morgan fingerprint density at radius 2 is 1.73 bits per heavy atom. The Morgan fingerprint density at radius 3 is 2.27 bits per heavy atom. The Morgan fingerprint density at radius 1 is 1.09 bits per heavy atom. The van der Waals surface area contributed by atoms with Crippen LogP contribution in [0.25, 0.3) is 0 Å². The van der Waals surface area contributed by atoms with Crippen molar-refractivity contribution in [3.05, 3.63) is 16.5 Å². The van der Waals surface area contributed by atoms with E-state index in [-0.39, 0.29) is 16.5 Å². The molecule has 1 aromatic heterocycles. The molecule has 0 amide bonds. The van der Waals surface area contributed by atoms with Crippen LogP contribution in [0.4, 0.5) is 0 Å². The van der Waals surface area contributed by atoms with E-state index in [1.807, 2.05) is 0 Å². The third kappa shape index (κ3) is 4.90. The number of halogens is 1. The number of rotatable bonds is 6. The molecule has 1 aromatic rings. The van der Waals surface area contributed by atoms with Crippen LogP contribution in [0.3, 0.4) is 0 Å². The number of hydrogen-bond donors (Lipinski definition) is 1. The summed E-state index contributed by atoms with van der Waals surface area (Å²) < 4.78 is 52.7. The first-order chi connectivity index (χ1) is 10.3. The molecular formula is C12H19ClN2O4S3. The lowest BCUT2D eigenvalue weighted by atomic mass is 10.2. The van der Waals surface area contributed by atoms with Crippen LogP contribution in [0, 0.1) is 0 Å². The number of sulfonamides is 2. The molecule has 126 valence electrons. The second-order valence-corrected chi connectivity index (χ2v) is 10.9. The van der Waals surface area contributed by atoms with E-state index in [9.17, 15) is 16.8 Å². The first-order valence-corrected chi connectivity index (χ1v) is 11.3. The monoisotopic (exact) mass is 386 g/mol. The Balaban J connectivity index is 1.92. The van der Waals surface area contributed by atoms with Crippen molar-refractivity contribution < 1.29 is 16.8 Å². The second-order valence-electron chi connectivity index (χ2n) is 5.09. The summed E-state index contributed by atoms with van der Waals surface area (Å²) in [6.45, 7) is 0.905.